The van der Waals surface area contributed by atoms with E-state index in [-0.39, 0.29) is 31.1 Å². The predicted molar refractivity (Wildman–Crippen MR) is 90.2 cm³/mol. The molecule has 2 N–H and O–H groups in total. The summed E-state index contributed by atoms with van der Waals surface area (Å²) in [4.78, 5) is 11.7. The number of rotatable bonds is 11. The van der Waals surface area contributed by atoms with Crippen LogP contribution in [0.2, 0.25) is 0 Å². The number of carbonyl (C=O) groups is 1. The predicted octanol–water partition coefficient (Wildman–Crippen LogP) is 1.52. The highest BCUT2D eigenvalue weighted by Gasteiger charge is 2.10. The highest BCUT2D eigenvalue weighted by atomic mass is 19.1. The SMILES string of the molecule is C=C/C(=C\C=C\CO)OCC(=O)NCCC(C)Oc1nnccc1F. The van der Waals surface area contributed by atoms with E-state index < -0.39 is 5.82 Å². The smallest absolute Gasteiger partial charge is 0.270 e. The molecule has 1 aromatic heterocycles. The summed E-state index contributed by atoms with van der Waals surface area (Å²) in [6, 6.07) is 1.16. The number of hydrogen-bond donors (Lipinski definition) is 2. The van der Waals surface area contributed by atoms with Crippen LogP contribution in [0.3, 0.4) is 0 Å². The standard InChI is InChI=1S/C17H22FN3O4/c1-3-14(6-4-5-11-22)24-12-16(23)19-9-7-13(2)25-17-15(18)8-10-20-21-17/h3-6,8,10,13,22H,1,7,9,11-12H2,2H3,(H,19,23)/b5-4+,14-6+. The first-order valence-electron chi connectivity index (χ1n) is 7.70. The van der Waals surface area contributed by atoms with Crippen molar-refractivity contribution < 1.29 is 23.8 Å². The maximum atomic E-state index is 13.4. The van der Waals surface area contributed by atoms with Crippen LogP contribution in [-0.2, 0) is 9.53 Å². The molecule has 136 valence electrons. The van der Waals surface area contributed by atoms with E-state index in [1.54, 1.807) is 19.1 Å². The highest BCUT2D eigenvalue weighted by molar-refractivity contribution is 5.77. The lowest BCUT2D eigenvalue weighted by Crippen LogP contribution is -2.31. The largest absolute Gasteiger partial charge is 0.484 e. The topological polar surface area (TPSA) is 93.6 Å². The number of aliphatic hydroxyl groups is 1. The number of nitrogens with one attached hydrogen (secondary N) is 1. The van der Waals surface area contributed by atoms with Gasteiger partial charge in [-0.05, 0) is 25.1 Å². The number of aromatic nitrogens is 2. The number of nitrogens with zero attached hydrogens (tertiary/aromatic N) is 2. The Labute approximate surface area is 145 Å². The molecule has 1 atom stereocenters. The van der Waals surface area contributed by atoms with Crippen molar-refractivity contribution in [3.8, 4) is 5.88 Å². The molecule has 0 radical (unpaired) electrons. The van der Waals surface area contributed by atoms with Crippen molar-refractivity contribution in [2.24, 2.45) is 0 Å². The molecule has 0 aliphatic rings. The van der Waals surface area contributed by atoms with Gasteiger partial charge >= 0.3 is 0 Å². The van der Waals surface area contributed by atoms with Crippen LogP contribution in [0.4, 0.5) is 4.39 Å². The van der Waals surface area contributed by atoms with Crippen LogP contribution < -0.4 is 10.1 Å². The first kappa shape index (κ1) is 20.3. The summed E-state index contributed by atoms with van der Waals surface area (Å²) in [5, 5.41) is 18.4. The number of allylic oxidation sites excluding steroid dienone is 3. The van der Waals surface area contributed by atoms with E-state index in [2.05, 4.69) is 22.1 Å². The molecule has 0 aliphatic carbocycles. The lowest BCUT2D eigenvalue weighted by molar-refractivity contribution is -0.124. The van der Waals surface area contributed by atoms with E-state index >= 15 is 0 Å². The fourth-order valence-corrected chi connectivity index (χ4v) is 1.65. The summed E-state index contributed by atoms with van der Waals surface area (Å²) < 4.78 is 24.0. The van der Waals surface area contributed by atoms with E-state index in [4.69, 9.17) is 14.6 Å². The molecule has 0 saturated carbocycles. The number of halogens is 1. The minimum absolute atomic E-state index is 0.0832. The zero-order chi connectivity index (χ0) is 18.5. The average molecular weight is 351 g/mol. The van der Waals surface area contributed by atoms with Crippen molar-refractivity contribution in [2.45, 2.75) is 19.4 Å². The van der Waals surface area contributed by atoms with Gasteiger partial charge in [-0.1, -0.05) is 18.7 Å². The summed E-state index contributed by atoms with van der Waals surface area (Å²) >= 11 is 0. The van der Waals surface area contributed by atoms with Crippen molar-refractivity contribution in [3.05, 3.63) is 54.7 Å². The van der Waals surface area contributed by atoms with E-state index in [0.29, 0.717) is 18.7 Å². The van der Waals surface area contributed by atoms with E-state index in [0.717, 1.165) is 6.07 Å². The Morgan fingerprint density at radius 2 is 2.36 bits per heavy atom. The van der Waals surface area contributed by atoms with E-state index in [1.165, 1.54) is 18.3 Å². The van der Waals surface area contributed by atoms with Gasteiger partial charge in [-0.2, -0.15) is 5.10 Å². The van der Waals surface area contributed by atoms with Gasteiger partial charge in [0.2, 0.25) is 0 Å². The Hall–Kier alpha value is -2.74. The molecule has 0 spiro atoms. The van der Waals surface area contributed by atoms with Gasteiger partial charge in [-0.15, -0.1) is 5.10 Å². The van der Waals surface area contributed by atoms with Crippen molar-refractivity contribution >= 4 is 5.91 Å². The molecule has 0 bridgehead atoms. The maximum absolute atomic E-state index is 13.4. The number of amides is 1. The first-order valence-corrected chi connectivity index (χ1v) is 7.70. The molecular weight excluding hydrogens is 329 g/mol. The summed E-state index contributed by atoms with van der Waals surface area (Å²) in [6.45, 7) is 5.39. The normalized spacial score (nSPS) is 12.7. The van der Waals surface area contributed by atoms with Crippen molar-refractivity contribution in [3.63, 3.8) is 0 Å². The Balaban J connectivity index is 2.27. The molecule has 8 heteroatoms. The zero-order valence-corrected chi connectivity index (χ0v) is 14.0. The molecule has 0 saturated heterocycles. The lowest BCUT2D eigenvalue weighted by Gasteiger charge is -2.14. The Morgan fingerprint density at radius 1 is 1.56 bits per heavy atom. The Bertz CT molecular complexity index is 620. The van der Waals surface area contributed by atoms with Crippen molar-refractivity contribution in [1.82, 2.24) is 15.5 Å². The van der Waals surface area contributed by atoms with Gasteiger partial charge in [0.15, 0.2) is 12.4 Å². The molecule has 25 heavy (non-hydrogen) atoms. The minimum Gasteiger partial charge on any atom is -0.484 e. The molecule has 1 heterocycles. The quantitative estimate of drug-likeness (QED) is 0.464. The van der Waals surface area contributed by atoms with Crippen LogP contribution in [0.15, 0.2) is 48.9 Å². The second kappa shape index (κ2) is 11.7. The van der Waals surface area contributed by atoms with Gasteiger partial charge in [0.1, 0.15) is 5.76 Å². The molecule has 1 unspecified atom stereocenters. The first-order chi connectivity index (χ1) is 12.1. The van der Waals surface area contributed by atoms with Crippen LogP contribution in [0.5, 0.6) is 5.88 Å². The molecule has 0 fully saturated rings. The van der Waals surface area contributed by atoms with Crippen molar-refractivity contribution in [1.29, 1.82) is 0 Å². The van der Waals surface area contributed by atoms with Gasteiger partial charge in [-0.3, -0.25) is 4.79 Å². The van der Waals surface area contributed by atoms with E-state index in [9.17, 15) is 9.18 Å². The Morgan fingerprint density at radius 3 is 3.04 bits per heavy atom. The molecule has 0 aromatic carbocycles. The van der Waals surface area contributed by atoms with Crippen LogP contribution in [0, 0.1) is 5.82 Å². The highest BCUT2D eigenvalue weighted by Crippen LogP contribution is 2.12. The third-order valence-electron chi connectivity index (χ3n) is 2.90. The molecular formula is C17H22FN3O4. The Kier molecular flexibility index (Phi) is 9.54. The van der Waals surface area contributed by atoms with Gasteiger partial charge in [0.05, 0.1) is 18.9 Å². The number of ether oxygens (including phenoxy) is 2. The monoisotopic (exact) mass is 351 g/mol. The second-order valence-corrected chi connectivity index (χ2v) is 4.92. The molecule has 1 amide bonds. The number of hydrogen-bond acceptors (Lipinski definition) is 6. The summed E-state index contributed by atoms with van der Waals surface area (Å²) in [7, 11) is 0. The minimum atomic E-state index is -0.585. The summed E-state index contributed by atoms with van der Waals surface area (Å²) in [6.07, 6.45) is 7.51. The molecule has 1 aromatic rings. The van der Waals surface area contributed by atoms with Gasteiger partial charge in [0, 0.05) is 13.0 Å². The summed E-state index contributed by atoms with van der Waals surface area (Å²) in [5.74, 6) is -0.647. The lowest BCUT2D eigenvalue weighted by atomic mass is 10.3. The molecule has 1 rings (SSSR count). The van der Waals surface area contributed by atoms with Crippen LogP contribution in [0.1, 0.15) is 13.3 Å². The summed E-state index contributed by atoms with van der Waals surface area (Å²) in [5.41, 5.74) is 0. The maximum Gasteiger partial charge on any atom is 0.270 e. The van der Waals surface area contributed by atoms with Gasteiger partial charge in [0.25, 0.3) is 11.8 Å². The van der Waals surface area contributed by atoms with Crippen LogP contribution >= 0.6 is 0 Å². The third kappa shape index (κ3) is 8.61. The van der Waals surface area contributed by atoms with Gasteiger partial charge < -0.3 is 19.9 Å². The average Bonchev–Trinajstić information content (AvgIpc) is 2.60. The second-order valence-electron chi connectivity index (χ2n) is 4.92. The zero-order valence-electron chi connectivity index (χ0n) is 14.0. The molecule has 7 nitrogen and oxygen atoms in total. The number of carbonyl (C=O) groups excluding carboxylic acids is 1. The fraction of sp³-hybridized carbons (Fsp3) is 0.353. The van der Waals surface area contributed by atoms with Crippen LogP contribution in [0.25, 0.3) is 0 Å². The third-order valence-corrected chi connectivity index (χ3v) is 2.90. The van der Waals surface area contributed by atoms with Crippen LogP contribution in [-0.4, -0.2) is 47.1 Å². The number of aliphatic hydroxyl groups excluding tert-OH is 1. The van der Waals surface area contributed by atoms with Gasteiger partial charge in [-0.25, -0.2) is 4.39 Å². The molecule has 0 aliphatic heterocycles. The van der Waals surface area contributed by atoms with E-state index in [1.807, 2.05) is 0 Å². The van der Waals surface area contributed by atoms with Crippen molar-refractivity contribution in [2.75, 3.05) is 19.8 Å². The fourth-order valence-electron chi connectivity index (χ4n) is 1.65.